The van der Waals surface area contributed by atoms with Crippen molar-refractivity contribution in [2.45, 2.75) is 0 Å². The van der Waals surface area contributed by atoms with Crippen molar-refractivity contribution >= 4 is 27.6 Å². The second kappa shape index (κ2) is 6.42. The van der Waals surface area contributed by atoms with Crippen molar-refractivity contribution in [3.05, 3.63) is 28.9 Å². The van der Waals surface area contributed by atoms with Crippen molar-refractivity contribution in [1.82, 2.24) is 9.97 Å². The number of aromatic nitrogens is 2. The van der Waals surface area contributed by atoms with Gasteiger partial charge in [-0.15, -0.1) is 0 Å². The van der Waals surface area contributed by atoms with Crippen LogP contribution >= 0.6 is 15.9 Å². The van der Waals surface area contributed by atoms with Gasteiger partial charge in [-0.05, 0) is 15.9 Å². The zero-order chi connectivity index (χ0) is 14.5. The molecule has 0 spiro atoms. The van der Waals surface area contributed by atoms with E-state index in [0.717, 1.165) is 10.2 Å². The van der Waals surface area contributed by atoms with Gasteiger partial charge in [-0.25, -0.2) is 4.98 Å². The smallest absolute Gasteiger partial charge is 0.230 e. The van der Waals surface area contributed by atoms with Crippen LogP contribution in [0, 0.1) is 0 Å². The van der Waals surface area contributed by atoms with Gasteiger partial charge < -0.3 is 19.5 Å². The van der Waals surface area contributed by atoms with E-state index >= 15 is 0 Å². The fourth-order valence-electron chi connectivity index (χ4n) is 1.59. The number of hydrogen-bond donors (Lipinski definition) is 1. The SMILES string of the molecule is COc1ccnc(Nc2cc(OC)c(Br)c(OC)c2)n1. The van der Waals surface area contributed by atoms with Gasteiger partial charge in [-0.1, -0.05) is 0 Å². The van der Waals surface area contributed by atoms with Crippen LogP contribution in [0.4, 0.5) is 11.6 Å². The van der Waals surface area contributed by atoms with Gasteiger partial charge in [0.25, 0.3) is 0 Å². The Morgan fingerprint density at radius 3 is 2.25 bits per heavy atom. The summed E-state index contributed by atoms with van der Waals surface area (Å²) in [6, 6.07) is 5.30. The predicted molar refractivity (Wildman–Crippen MR) is 79.1 cm³/mol. The van der Waals surface area contributed by atoms with E-state index in [4.69, 9.17) is 14.2 Å². The maximum Gasteiger partial charge on any atom is 0.230 e. The molecule has 0 aliphatic rings. The molecule has 6 nitrogen and oxygen atoms in total. The summed E-state index contributed by atoms with van der Waals surface area (Å²) in [6.45, 7) is 0. The average molecular weight is 340 g/mol. The van der Waals surface area contributed by atoms with Crippen LogP contribution in [0.1, 0.15) is 0 Å². The molecule has 0 saturated carbocycles. The number of rotatable bonds is 5. The molecule has 0 bridgehead atoms. The molecule has 1 N–H and O–H groups in total. The zero-order valence-corrected chi connectivity index (χ0v) is 12.9. The predicted octanol–water partition coefficient (Wildman–Crippen LogP) is 3.01. The molecule has 0 saturated heterocycles. The maximum absolute atomic E-state index is 5.28. The van der Waals surface area contributed by atoms with E-state index in [0.29, 0.717) is 23.3 Å². The Hall–Kier alpha value is -2.02. The summed E-state index contributed by atoms with van der Waals surface area (Å²) in [5, 5.41) is 3.07. The van der Waals surface area contributed by atoms with E-state index in [2.05, 4.69) is 31.2 Å². The molecule has 7 heteroatoms. The van der Waals surface area contributed by atoms with Crippen LogP contribution in [-0.4, -0.2) is 31.3 Å². The summed E-state index contributed by atoms with van der Waals surface area (Å²) in [5.74, 6) is 2.21. The number of anilines is 2. The first-order valence-corrected chi connectivity index (χ1v) is 6.52. The number of methoxy groups -OCH3 is 3. The van der Waals surface area contributed by atoms with E-state index in [1.54, 1.807) is 33.6 Å². The topological polar surface area (TPSA) is 65.5 Å². The number of halogens is 1. The molecular weight excluding hydrogens is 326 g/mol. The lowest BCUT2D eigenvalue weighted by molar-refractivity contribution is 0.390. The summed E-state index contributed by atoms with van der Waals surface area (Å²) in [5.41, 5.74) is 0.746. The Balaban J connectivity index is 2.32. The molecular formula is C13H14BrN3O3. The Kier molecular flexibility index (Phi) is 4.62. The number of hydrogen-bond acceptors (Lipinski definition) is 6. The van der Waals surface area contributed by atoms with Gasteiger partial charge in [-0.3, -0.25) is 0 Å². The first kappa shape index (κ1) is 14.4. The summed E-state index contributed by atoms with van der Waals surface area (Å²) in [7, 11) is 4.73. The van der Waals surface area contributed by atoms with Gasteiger partial charge in [0, 0.05) is 30.1 Å². The minimum Gasteiger partial charge on any atom is -0.495 e. The summed E-state index contributed by atoms with van der Waals surface area (Å²) < 4.78 is 16.4. The van der Waals surface area contributed by atoms with Crippen LogP contribution in [0.3, 0.4) is 0 Å². The lowest BCUT2D eigenvalue weighted by atomic mass is 10.3. The minimum absolute atomic E-state index is 0.427. The monoisotopic (exact) mass is 339 g/mol. The molecule has 0 amide bonds. The van der Waals surface area contributed by atoms with Crippen LogP contribution in [0.2, 0.25) is 0 Å². The van der Waals surface area contributed by atoms with Crippen molar-refractivity contribution in [3.8, 4) is 17.4 Å². The van der Waals surface area contributed by atoms with Crippen LogP contribution in [-0.2, 0) is 0 Å². The molecule has 0 fully saturated rings. The van der Waals surface area contributed by atoms with Crippen LogP contribution in [0.5, 0.6) is 17.4 Å². The standard InChI is InChI=1S/C13H14BrN3O3/c1-18-9-6-8(7-10(19-2)12(9)14)16-13-15-5-4-11(17-13)20-3/h4-7H,1-3H3,(H,15,16,17). The molecule has 1 aromatic heterocycles. The van der Waals surface area contributed by atoms with E-state index in [1.165, 1.54) is 0 Å². The Labute approximate surface area is 125 Å². The third-order valence-electron chi connectivity index (χ3n) is 2.54. The number of nitrogens with one attached hydrogen (secondary N) is 1. The van der Waals surface area contributed by atoms with Gasteiger partial charge in [0.15, 0.2) is 0 Å². The lowest BCUT2D eigenvalue weighted by Crippen LogP contribution is -1.99. The molecule has 106 valence electrons. The fraction of sp³-hybridized carbons (Fsp3) is 0.231. The Bertz CT molecular complexity index is 582. The van der Waals surface area contributed by atoms with E-state index in [1.807, 2.05) is 12.1 Å². The van der Waals surface area contributed by atoms with Crippen LogP contribution in [0.25, 0.3) is 0 Å². The molecule has 2 rings (SSSR count). The number of ether oxygens (including phenoxy) is 3. The van der Waals surface area contributed by atoms with Gasteiger partial charge in [-0.2, -0.15) is 4.98 Å². The highest BCUT2D eigenvalue weighted by Crippen LogP contribution is 2.37. The zero-order valence-electron chi connectivity index (χ0n) is 11.3. The number of nitrogens with zero attached hydrogens (tertiary/aromatic N) is 2. The van der Waals surface area contributed by atoms with E-state index in [-0.39, 0.29) is 0 Å². The second-order valence-electron chi connectivity index (χ2n) is 3.74. The molecule has 20 heavy (non-hydrogen) atoms. The van der Waals surface area contributed by atoms with E-state index in [9.17, 15) is 0 Å². The molecule has 0 atom stereocenters. The highest BCUT2D eigenvalue weighted by molar-refractivity contribution is 9.10. The van der Waals surface area contributed by atoms with Gasteiger partial charge in [0.1, 0.15) is 16.0 Å². The second-order valence-corrected chi connectivity index (χ2v) is 4.54. The summed E-state index contributed by atoms with van der Waals surface area (Å²) in [6.07, 6.45) is 1.61. The van der Waals surface area contributed by atoms with Gasteiger partial charge in [0.2, 0.25) is 11.8 Å². The third kappa shape index (κ3) is 3.11. The number of benzene rings is 1. The van der Waals surface area contributed by atoms with Crippen molar-refractivity contribution in [2.24, 2.45) is 0 Å². The maximum atomic E-state index is 5.28. The van der Waals surface area contributed by atoms with Crippen molar-refractivity contribution in [3.63, 3.8) is 0 Å². The highest BCUT2D eigenvalue weighted by Gasteiger charge is 2.10. The largest absolute Gasteiger partial charge is 0.495 e. The lowest BCUT2D eigenvalue weighted by Gasteiger charge is -2.12. The molecule has 0 aliphatic heterocycles. The molecule has 0 aliphatic carbocycles. The van der Waals surface area contributed by atoms with Crippen LogP contribution < -0.4 is 19.5 Å². The first-order valence-electron chi connectivity index (χ1n) is 5.73. The molecule has 1 aromatic carbocycles. The molecule has 2 aromatic rings. The normalized spacial score (nSPS) is 10.0. The molecule has 1 heterocycles. The minimum atomic E-state index is 0.427. The molecule has 0 radical (unpaired) electrons. The van der Waals surface area contributed by atoms with Crippen LogP contribution in [0.15, 0.2) is 28.9 Å². The van der Waals surface area contributed by atoms with Crippen molar-refractivity contribution < 1.29 is 14.2 Å². The molecule has 0 unspecified atom stereocenters. The summed E-state index contributed by atoms with van der Waals surface area (Å²) >= 11 is 3.41. The average Bonchev–Trinajstić information content (AvgIpc) is 2.49. The Morgan fingerprint density at radius 2 is 1.70 bits per heavy atom. The first-order chi connectivity index (χ1) is 9.67. The van der Waals surface area contributed by atoms with Crippen molar-refractivity contribution in [1.29, 1.82) is 0 Å². The quantitative estimate of drug-likeness (QED) is 0.903. The summed E-state index contributed by atoms with van der Waals surface area (Å²) in [4.78, 5) is 8.30. The Morgan fingerprint density at radius 1 is 1.05 bits per heavy atom. The van der Waals surface area contributed by atoms with Gasteiger partial charge in [0.05, 0.1) is 21.3 Å². The fourth-order valence-corrected chi connectivity index (χ4v) is 2.14. The third-order valence-corrected chi connectivity index (χ3v) is 3.32. The van der Waals surface area contributed by atoms with Crippen molar-refractivity contribution in [2.75, 3.05) is 26.6 Å². The van der Waals surface area contributed by atoms with E-state index < -0.39 is 0 Å². The highest BCUT2D eigenvalue weighted by atomic mass is 79.9. The van der Waals surface area contributed by atoms with Gasteiger partial charge >= 0.3 is 0 Å².